The molecular formula is C8H19O5P. The van der Waals surface area contributed by atoms with Gasteiger partial charge in [0.15, 0.2) is 0 Å². The Balaban J connectivity index is 0. The van der Waals surface area contributed by atoms with Gasteiger partial charge in [0.1, 0.15) is 0 Å². The van der Waals surface area contributed by atoms with E-state index in [0.29, 0.717) is 0 Å². The van der Waals surface area contributed by atoms with Crippen molar-refractivity contribution in [2.45, 2.75) is 45.7 Å². The molecule has 0 bridgehead atoms. The van der Waals surface area contributed by atoms with Gasteiger partial charge in [-0.25, -0.2) is 0 Å². The normalized spacial score (nSPS) is 12.6. The number of hydrogen-bond acceptors (Lipinski definition) is 2. The maximum Gasteiger partial charge on any atom is 0.328 e. The van der Waals surface area contributed by atoms with Gasteiger partial charge in [0.25, 0.3) is 0 Å². The molecule has 1 atom stereocenters. The first-order valence-corrected chi connectivity index (χ1v) is 6.20. The Morgan fingerprint density at radius 2 is 1.64 bits per heavy atom. The van der Waals surface area contributed by atoms with E-state index in [4.69, 9.17) is 14.9 Å². The fourth-order valence-electron chi connectivity index (χ4n) is 0.372. The second-order valence-corrected chi connectivity index (χ2v) is 5.10. The van der Waals surface area contributed by atoms with Gasteiger partial charge in [-0.05, 0) is 0 Å². The SMILES string of the molecule is CC(CC(=O)O)P(=O)(O)O.CCCC. The Bertz CT molecular complexity index is 196. The standard InChI is InChI=1S/C4H9O5P.C4H10/c1-3(2-4(5)6)10(7,8)9;1-3-4-2/h3H,2H2,1H3,(H,5,6)(H2,7,8,9);3-4H2,1-2H3. The third kappa shape index (κ3) is 11.6. The summed E-state index contributed by atoms with van der Waals surface area (Å²) in [6.45, 7) is 5.56. The maximum absolute atomic E-state index is 10.3. The van der Waals surface area contributed by atoms with E-state index in [9.17, 15) is 9.36 Å². The number of aliphatic carboxylic acids is 1. The van der Waals surface area contributed by atoms with Crippen LogP contribution in [0, 0.1) is 0 Å². The van der Waals surface area contributed by atoms with E-state index >= 15 is 0 Å². The highest BCUT2D eigenvalue weighted by molar-refractivity contribution is 7.52. The molecule has 0 aliphatic heterocycles. The lowest BCUT2D eigenvalue weighted by atomic mass is 10.3. The molecule has 0 rings (SSSR count). The predicted octanol–water partition coefficient (Wildman–Crippen LogP) is 1.83. The van der Waals surface area contributed by atoms with Gasteiger partial charge in [-0.1, -0.05) is 33.6 Å². The average molecular weight is 226 g/mol. The van der Waals surface area contributed by atoms with Crippen LogP contribution in [0.1, 0.15) is 40.0 Å². The van der Waals surface area contributed by atoms with Crippen molar-refractivity contribution in [3.05, 3.63) is 0 Å². The summed E-state index contributed by atoms with van der Waals surface area (Å²) in [7, 11) is -4.19. The molecule has 0 saturated carbocycles. The number of carbonyl (C=O) groups is 1. The van der Waals surface area contributed by atoms with Crippen molar-refractivity contribution in [1.29, 1.82) is 0 Å². The van der Waals surface area contributed by atoms with Crippen LogP contribution in [0.2, 0.25) is 0 Å². The first-order valence-electron chi connectivity index (χ1n) is 4.52. The zero-order chi connectivity index (χ0) is 11.8. The Morgan fingerprint density at radius 3 is 1.71 bits per heavy atom. The summed E-state index contributed by atoms with van der Waals surface area (Å²) >= 11 is 0. The van der Waals surface area contributed by atoms with E-state index in [1.807, 2.05) is 0 Å². The molecule has 0 aliphatic rings. The molecule has 0 saturated heterocycles. The Labute approximate surface area is 84.3 Å². The largest absolute Gasteiger partial charge is 0.481 e. The molecule has 0 radical (unpaired) electrons. The van der Waals surface area contributed by atoms with E-state index in [1.165, 1.54) is 19.8 Å². The average Bonchev–Trinajstić information content (AvgIpc) is 2.02. The minimum absolute atomic E-state index is 0.496. The minimum atomic E-state index is -4.19. The molecular weight excluding hydrogens is 207 g/mol. The van der Waals surface area contributed by atoms with Gasteiger partial charge >= 0.3 is 13.6 Å². The predicted molar refractivity (Wildman–Crippen MR) is 54.3 cm³/mol. The van der Waals surface area contributed by atoms with Crippen LogP contribution in [-0.2, 0) is 9.36 Å². The molecule has 0 spiro atoms. The van der Waals surface area contributed by atoms with Gasteiger partial charge < -0.3 is 14.9 Å². The van der Waals surface area contributed by atoms with Crippen LogP contribution in [0.5, 0.6) is 0 Å². The highest BCUT2D eigenvalue weighted by Gasteiger charge is 2.25. The number of carboxylic acids is 1. The van der Waals surface area contributed by atoms with Gasteiger partial charge in [-0.3, -0.25) is 9.36 Å². The molecule has 1 unspecified atom stereocenters. The van der Waals surface area contributed by atoms with Crippen molar-refractivity contribution < 1.29 is 24.3 Å². The van der Waals surface area contributed by atoms with Gasteiger partial charge in [0.2, 0.25) is 0 Å². The van der Waals surface area contributed by atoms with Crippen molar-refractivity contribution in [1.82, 2.24) is 0 Å². The third-order valence-corrected chi connectivity index (χ3v) is 2.88. The maximum atomic E-state index is 10.3. The second-order valence-electron chi connectivity index (χ2n) is 3.04. The summed E-state index contributed by atoms with van der Waals surface area (Å²) < 4.78 is 10.3. The first kappa shape index (κ1) is 16.1. The van der Waals surface area contributed by atoms with Gasteiger partial charge in [-0.15, -0.1) is 0 Å². The summed E-state index contributed by atoms with van der Waals surface area (Å²) in [4.78, 5) is 26.7. The van der Waals surface area contributed by atoms with Crippen molar-refractivity contribution in [3.63, 3.8) is 0 Å². The van der Waals surface area contributed by atoms with E-state index in [-0.39, 0.29) is 0 Å². The van der Waals surface area contributed by atoms with Crippen LogP contribution in [0.3, 0.4) is 0 Å². The molecule has 14 heavy (non-hydrogen) atoms. The number of unbranched alkanes of at least 4 members (excludes halogenated alkanes) is 1. The molecule has 0 aromatic rings. The van der Waals surface area contributed by atoms with Gasteiger partial charge in [-0.2, -0.15) is 0 Å². The van der Waals surface area contributed by atoms with Crippen LogP contribution >= 0.6 is 7.60 Å². The van der Waals surface area contributed by atoms with E-state index in [0.717, 1.165) is 0 Å². The topological polar surface area (TPSA) is 94.8 Å². The van der Waals surface area contributed by atoms with Crippen LogP contribution in [0.25, 0.3) is 0 Å². The smallest absolute Gasteiger partial charge is 0.328 e. The van der Waals surface area contributed by atoms with Crippen LogP contribution in [-0.4, -0.2) is 26.5 Å². The number of carboxylic acid groups (broad SMARTS) is 1. The minimum Gasteiger partial charge on any atom is -0.481 e. The molecule has 3 N–H and O–H groups in total. The molecule has 6 heteroatoms. The number of hydrogen-bond donors (Lipinski definition) is 3. The molecule has 0 heterocycles. The summed E-state index contributed by atoms with van der Waals surface area (Å²) in [5.74, 6) is -1.20. The highest BCUT2D eigenvalue weighted by atomic mass is 31.2. The Kier molecular flexibility index (Phi) is 9.15. The Hall–Kier alpha value is -0.380. The number of rotatable bonds is 4. The lowest BCUT2D eigenvalue weighted by Crippen LogP contribution is -2.09. The van der Waals surface area contributed by atoms with Crippen molar-refractivity contribution in [2.75, 3.05) is 0 Å². The summed E-state index contributed by atoms with van der Waals surface area (Å²) in [6.07, 6.45) is 2.14. The summed E-state index contributed by atoms with van der Waals surface area (Å²) in [5.41, 5.74) is -1.09. The van der Waals surface area contributed by atoms with Gasteiger partial charge in [0, 0.05) is 0 Å². The van der Waals surface area contributed by atoms with Crippen LogP contribution in [0.15, 0.2) is 0 Å². The summed E-state index contributed by atoms with van der Waals surface area (Å²) in [5, 5.41) is 8.10. The molecule has 0 aromatic carbocycles. The lowest BCUT2D eigenvalue weighted by Gasteiger charge is -2.09. The quantitative estimate of drug-likeness (QED) is 0.635. The lowest BCUT2D eigenvalue weighted by molar-refractivity contribution is -0.137. The van der Waals surface area contributed by atoms with E-state index in [1.54, 1.807) is 0 Å². The fourth-order valence-corrected chi connectivity index (χ4v) is 0.766. The third-order valence-electron chi connectivity index (χ3n) is 1.54. The first-order chi connectivity index (χ1) is 6.25. The van der Waals surface area contributed by atoms with E-state index in [2.05, 4.69) is 13.8 Å². The Morgan fingerprint density at radius 1 is 1.29 bits per heavy atom. The van der Waals surface area contributed by atoms with Crippen molar-refractivity contribution in [3.8, 4) is 0 Å². The van der Waals surface area contributed by atoms with Gasteiger partial charge in [0.05, 0.1) is 12.1 Å². The van der Waals surface area contributed by atoms with Crippen LogP contribution in [0.4, 0.5) is 0 Å². The second kappa shape index (κ2) is 7.97. The zero-order valence-corrected chi connectivity index (χ0v) is 9.70. The molecule has 0 fully saturated rings. The molecule has 5 nitrogen and oxygen atoms in total. The monoisotopic (exact) mass is 226 g/mol. The van der Waals surface area contributed by atoms with E-state index < -0.39 is 25.6 Å². The van der Waals surface area contributed by atoms with Crippen molar-refractivity contribution in [2.24, 2.45) is 0 Å². The molecule has 0 aromatic heterocycles. The molecule has 86 valence electrons. The van der Waals surface area contributed by atoms with Crippen LogP contribution < -0.4 is 0 Å². The summed E-state index contributed by atoms with van der Waals surface area (Å²) in [6, 6.07) is 0. The molecule has 0 aliphatic carbocycles. The fraction of sp³-hybridized carbons (Fsp3) is 0.875. The highest BCUT2D eigenvalue weighted by Crippen LogP contribution is 2.42. The molecule has 0 amide bonds. The van der Waals surface area contributed by atoms with Crippen molar-refractivity contribution >= 4 is 13.6 Å². The zero-order valence-electron chi connectivity index (χ0n) is 8.80.